The molecule has 0 aliphatic carbocycles. The number of anilines is 1. The second kappa shape index (κ2) is 5.79. The highest BCUT2D eigenvalue weighted by Gasteiger charge is 2.08. The van der Waals surface area contributed by atoms with Crippen LogP contribution >= 0.6 is 0 Å². The summed E-state index contributed by atoms with van der Waals surface area (Å²) in [5, 5.41) is 11.5. The van der Waals surface area contributed by atoms with Crippen LogP contribution in [0.5, 0.6) is 0 Å². The van der Waals surface area contributed by atoms with Gasteiger partial charge in [-0.3, -0.25) is 0 Å². The molecule has 2 aromatic carbocycles. The van der Waals surface area contributed by atoms with Crippen molar-refractivity contribution < 1.29 is 4.42 Å². The number of nitrogens with zero attached hydrogens (tertiary/aromatic N) is 2. The summed E-state index contributed by atoms with van der Waals surface area (Å²) in [6.07, 6.45) is 0. The second-order valence-corrected chi connectivity index (χ2v) is 5.04. The van der Waals surface area contributed by atoms with E-state index in [-0.39, 0.29) is 0 Å². The predicted molar refractivity (Wildman–Crippen MR) is 83.0 cm³/mol. The van der Waals surface area contributed by atoms with E-state index in [0.29, 0.717) is 18.3 Å². The lowest BCUT2D eigenvalue weighted by atomic mass is 10.1. The van der Waals surface area contributed by atoms with E-state index in [1.165, 1.54) is 11.1 Å². The Morgan fingerprint density at radius 3 is 2.67 bits per heavy atom. The van der Waals surface area contributed by atoms with Gasteiger partial charge in [0.05, 0.1) is 6.54 Å². The van der Waals surface area contributed by atoms with E-state index in [1.807, 2.05) is 49.4 Å². The Kier molecular flexibility index (Phi) is 3.69. The number of aryl methyl sites for hydroxylation is 2. The molecule has 0 atom stereocenters. The summed E-state index contributed by atoms with van der Waals surface area (Å²) in [6, 6.07) is 16.2. The Morgan fingerprint density at radius 2 is 1.86 bits per heavy atom. The fourth-order valence-corrected chi connectivity index (χ4v) is 2.16. The molecule has 0 fully saturated rings. The summed E-state index contributed by atoms with van der Waals surface area (Å²) >= 11 is 0. The number of para-hydroxylation sites is 1. The Labute approximate surface area is 123 Å². The van der Waals surface area contributed by atoms with Gasteiger partial charge >= 0.3 is 0 Å². The van der Waals surface area contributed by atoms with Crippen LogP contribution in [0, 0.1) is 13.8 Å². The van der Waals surface area contributed by atoms with Crippen LogP contribution in [0.3, 0.4) is 0 Å². The summed E-state index contributed by atoms with van der Waals surface area (Å²) in [5.41, 5.74) is 4.39. The predicted octanol–water partition coefficient (Wildman–Crippen LogP) is 3.97. The SMILES string of the molecule is Cc1cccc(-c2nnc(CNc3ccccc3C)o2)c1. The van der Waals surface area contributed by atoms with E-state index >= 15 is 0 Å². The molecule has 0 bridgehead atoms. The molecule has 0 spiro atoms. The molecule has 4 nitrogen and oxygen atoms in total. The first-order valence-corrected chi connectivity index (χ1v) is 6.91. The Hall–Kier alpha value is -2.62. The number of benzene rings is 2. The third-order valence-electron chi connectivity index (χ3n) is 3.31. The minimum atomic E-state index is 0.518. The molecule has 0 aliphatic rings. The van der Waals surface area contributed by atoms with Crippen LogP contribution in [-0.2, 0) is 6.54 Å². The molecule has 0 saturated heterocycles. The van der Waals surface area contributed by atoms with E-state index in [1.54, 1.807) is 0 Å². The molecule has 3 rings (SSSR count). The Bertz CT molecular complexity index is 749. The molecule has 4 heteroatoms. The first kappa shape index (κ1) is 13.4. The highest BCUT2D eigenvalue weighted by atomic mass is 16.4. The van der Waals surface area contributed by atoms with Crippen molar-refractivity contribution in [3.8, 4) is 11.5 Å². The van der Waals surface area contributed by atoms with Crippen molar-refractivity contribution >= 4 is 5.69 Å². The lowest BCUT2D eigenvalue weighted by Crippen LogP contribution is -2.00. The van der Waals surface area contributed by atoms with Crippen molar-refractivity contribution in [1.29, 1.82) is 0 Å². The molecule has 0 amide bonds. The van der Waals surface area contributed by atoms with E-state index in [0.717, 1.165) is 11.3 Å². The van der Waals surface area contributed by atoms with Crippen molar-refractivity contribution in [3.63, 3.8) is 0 Å². The molecule has 0 unspecified atom stereocenters. The zero-order valence-electron chi connectivity index (χ0n) is 12.1. The zero-order chi connectivity index (χ0) is 14.7. The monoisotopic (exact) mass is 279 g/mol. The Balaban J connectivity index is 1.72. The number of rotatable bonds is 4. The third kappa shape index (κ3) is 3.11. The van der Waals surface area contributed by atoms with E-state index < -0.39 is 0 Å². The normalized spacial score (nSPS) is 10.6. The van der Waals surface area contributed by atoms with Crippen molar-refractivity contribution in [1.82, 2.24) is 10.2 Å². The average Bonchev–Trinajstić information content (AvgIpc) is 2.95. The van der Waals surface area contributed by atoms with Crippen LogP contribution in [0.15, 0.2) is 52.9 Å². The minimum absolute atomic E-state index is 0.518. The number of aromatic nitrogens is 2. The van der Waals surface area contributed by atoms with Gasteiger partial charge in [0.25, 0.3) is 0 Å². The van der Waals surface area contributed by atoms with Gasteiger partial charge in [-0.15, -0.1) is 10.2 Å². The van der Waals surface area contributed by atoms with Gasteiger partial charge in [-0.25, -0.2) is 0 Å². The third-order valence-corrected chi connectivity index (χ3v) is 3.31. The molecule has 0 aliphatic heterocycles. The maximum absolute atomic E-state index is 5.70. The molecule has 0 saturated carbocycles. The van der Waals surface area contributed by atoms with Gasteiger partial charge in [-0.2, -0.15) is 0 Å². The van der Waals surface area contributed by atoms with Gasteiger partial charge in [0.2, 0.25) is 11.8 Å². The highest BCUT2D eigenvalue weighted by Crippen LogP contribution is 2.20. The van der Waals surface area contributed by atoms with Crippen LogP contribution in [0.4, 0.5) is 5.69 Å². The molecule has 21 heavy (non-hydrogen) atoms. The summed E-state index contributed by atoms with van der Waals surface area (Å²) in [6.45, 7) is 4.62. The number of hydrogen-bond donors (Lipinski definition) is 1. The zero-order valence-corrected chi connectivity index (χ0v) is 12.1. The van der Waals surface area contributed by atoms with Crippen molar-refractivity contribution in [2.45, 2.75) is 20.4 Å². The van der Waals surface area contributed by atoms with Gasteiger partial charge in [-0.05, 0) is 37.6 Å². The summed E-state index contributed by atoms with van der Waals surface area (Å²) < 4.78 is 5.70. The number of nitrogens with one attached hydrogen (secondary N) is 1. The van der Waals surface area contributed by atoms with Crippen LogP contribution < -0.4 is 5.32 Å². The van der Waals surface area contributed by atoms with E-state index in [4.69, 9.17) is 4.42 Å². The molecular formula is C17H17N3O. The maximum atomic E-state index is 5.70. The van der Waals surface area contributed by atoms with Crippen LogP contribution in [-0.4, -0.2) is 10.2 Å². The van der Waals surface area contributed by atoms with E-state index in [2.05, 4.69) is 28.5 Å². The van der Waals surface area contributed by atoms with Crippen LogP contribution in [0.1, 0.15) is 17.0 Å². The molecule has 106 valence electrons. The van der Waals surface area contributed by atoms with Gasteiger partial charge in [0.15, 0.2) is 0 Å². The second-order valence-electron chi connectivity index (χ2n) is 5.04. The van der Waals surface area contributed by atoms with Crippen molar-refractivity contribution in [3.05, 3.63) is 65.5 Å². The summed E-state index contributed by atoms with van der Waals surface area (Å²) in [7, 11) is 0. The standard InChI is InChI=1S/C17H17N3O/c1-12-6-5-8-14(10-12)17-20-19-16(21-17)11-18-15-9-4-3-7-13(15)2/h3-10,18H,11H2,1-2H3. The topological polar surface area (TPSA) is 51.0 Å². The molecule has 0 radical (unpaired) electrons. The van der Waals surface area contributed by atoms with Gasteiger partial charge in [0.1, 0.15) is 0 Å². The first-order valence-electron chi connectivity index (χ1n) is 6.91. The fourth-order valence-electron chi connectivity index (χ4n) is 2.16. The molecule has 1 N–H and O–H groups in total. The molecule has 1 heterocycles. The summed E-state index contributed by atoms with van der Waals surface area (Å²) in [4.78, 5) is 0. The summed E-state index contributed by atoms with van der Waals surface area (Å²) in [5.74, 6) is 1.13. The Morgan fingerprint density at radius 1 is 1.00 bits per heavy atom. The number of hydrogen-bond acceptors (Lipinski definition) is 4. The van der Waals surface area contributed by atoms with Gasteiger partial charge in [0, 0.05) is 11.3 Å². The van der Waals surface area contributed by atoms with Gasteiger partial charge < -0.3 is 9.73 Å². The largest absolute Gasteiger partial charge is 0.419 e. The fraction of sp³-hybridized carbons (Fsp3) is 0.176. The molecular weight excluding hydrogens is 262 g/mol. The van der Waals surface area contributed by atoms with Crippen LogP contribution in [0.2, 0.25) is 0 Å². The quantitative estimate of drug-likeness (QED) is 0.785. The van der Waals surface area contributed by atoms with Crippen LogP contribution in [0.25, 0.3) is 11.5 Å². The van der Waals surface area contributed by atoms with Crippen molar-refractivity contribution in [2.24, 2.45) is 0 Å². The minimum Gasteiger partial charge on any atom is -0.419 e. The lowest BCUT2D eigenvalue weighted by molar-refractivity contribution is 0.515. The lowest BCUT2D eigenvalue weighted by Gasteiger charge is -2.06. The highest BCUT2D eigenvalue weighted by molar-refractivity contribution is 5.54. The maximum Gasteiger partial charge on any atom is 0.247 e. The first-order chi connectivity index (χ1) is 10.2. The molecule has 1 aromatic heterocycles. The smallest absolute Gasteiger partial charge is 0.247 e. The van der Waals surface area contributed by atoms with Crippen molar-refractivity contribution in [2.75, 3.05) is 5.32 Å². The van der Waals surface area contributed by atoms with E-state index in [9.17, 15) is 0 Å². The average molecular weight is 279 g/mol. The molecule has 3 aromatic rings. The van der Waals surface area contributed by atoms with Gasteiger partial charge in [-0.1, -0.05) is 35.9 Å².